The number of esters is 1. The maximum Gasteiger partial charge on any atom is 0.305 e. The molecule has 0 aliphatic heterocycles. The Bertz CT molecular complexity index is 396. The number of carbonyl (C=O) groups is 1. The fourth-order valence-electron chi connectivity index (χ4n) is 1.39. The van der Waals surface area contributed by atoms with Gasteiger partial charge in [0.1, 0.15) is 0 Å². The Hall–Kier alpha value is -1.85. The van der Waals surface area contributed by atoms with E-state index in [9.17, 15) is 4.79 Å². The van der Waals surface area contributed by atoms with E-state index in [0.29, 0.717) is 37.8 Å². The van der Waals surface area contributed by atoms with E-state index in [1.54, 1.807) is 20.1 Å². The van der Waals surface area contributed by atoms with Crippen LogP contribution in [0.3, 0.4) is 0 Å². The van der Waals surface area contributed by atoms with E-state index >= 15 is 0 Å². The summed E-state index contributed by atoms with van der Waals surface area (Å²) in [5, 5.41) is 3.05. The number of hydrogen-bond acceptors (Lipinski definition) is 6. The van der Waals surface area contributed by atoms with Gasteiger partial charge in [-0.2, -0.15) is 4.98 Å². The van der Waals surface area contributed by atoms with Crippen LogP contribution in [0.2, 0.25) is 0 Å². The number of aromatic nitrogens is 2. The molecule has 0 aliphatic rings. The van der Waals surface area contributed by atoms with Crippen LogP contribution in [0, 0.1) is 6.92 Å². The highest BCUT2D eigenvalue weighted by Gasteiger charge is 2.03. The first-order valence-electron chi connectivity index (χ1n) is 5.95. The summed E-state index contributed by atoms with van der Waals surface area (Å²) in [6, 6.07) is 1.75. The van der Waals surface area contributed by atoms with Crippen LogP contribution in [0.5, 0.6) is 5.88 Å². The van der Waals surface area contributed by atoms with Crippen molar-refractivity contribution in [1.29, 1.82) is 0 Å². The second-order valence-corrected chi connectivity index (χ2v) is 3.71. The summed E-state index contributed by atoms with van der Waals surface area (Å²) in [6.45, 7) is 4.70. The first-order valence-corrected chi connectivity index (χ1v) is 5.95. The third-order valence-electron chi connectivity index (χ3n) is 2.19. The molecule has 1 heterocycles. The van der Waals surface area contributed by atoms with E-state index in [4.69, 9.17) is 9.47 Å². The number of anilines is 1. The highest BCUT2D eigenvalue weighted by atomic mass is 16.5. The van der Waals surface area contributed by atoms with Gasteiger partial charge in [-0.05, 0) is 20.3 Å². The molecule has 1 aromatic heterocycles. The van der Waals surface area contributed by atoms with Crippen molar-refractivity contribution in [3.63, 3.8) is 0 Å². The summed E-state index contributed by atoms with van der Waals surface area (Å²) in [5.41, 5.74) is 0.828. The number of nitrogens with one attached hydrogen (secondary N) is 1. The van der Waals surface area contributed by atoms with Crippen LogP contribution in [0.15, 0.2) is 6.07 Å². The molecule has 0 saturated carbocycles. The molecule has 6 nitrogen and oxygen atoms in total. The van der Waals surface area contributed by atoms with E-state index in [1.165, 1.54) is 0 Å². The molecule has 6 heteroatoms. The monoisotopic (exact) mass is 253 g/mol. The summed E-state index contributed by atoms with van der Waals surface area (Å²) in [4.78, 5) is 19.5. The summed E-state index contributed by atoms with van der Waals surface area (Å²) >= 11 is 0. The summed E-state index contributed by atoms with van der Waals surface area (Å²) in [7, 11) is 1.56. The second kappa shape index (κ2) is 7.47. The maximum atomic E-state index is 11.1. The van der Waals surface area contributed by atoms with Crippen LogP contribution >= 0.6 is 0 Å². The van der Waals surface area contributed by atoms with Crippen molar-refractivity contribution < 1.29 is 14.3 Å². The minimum atomic E-state index is -0.179. The molecular formula is C12H19N3O3. The van der Waals surface area contributed by atoms with Gasteiger partial charge in [0.25, 0.3) is 0 Å². The van der Waals surface area contributed by atoms with E-state index in [0.717, 1.165) is 5.69 Å². The number of methoxy groups -OCH3 is 1. The van der Waals surface area contributed by atoms with Crippen molar-refractivity contribution in [2.24, 2.45) is 0 Å². The molecule has 0 unspecified atom stereocenters. The molecule has 1 N–H and O–H groups in total. The number of hydrogen-bond donors (Lipinski definition) is 1. The Balaban J connectivity index is 2.35. The third kappa shape index (κ3) is 4.99. The van der Waals surface area contributed by atoms with Gasteiger partial charge < -0.3 is 14.8 Å². The van der Waals surface area contributed by atoms with Crippen LogP contribution in [0.1, 0.15) is 25.5 Å². The molecule has 0 aliphatic carbocycles. The van der Waals surface area contributed by atoms with Crippen molar-refractivity contribution in [2.45, 2.75) is 26.7 Å². The predicted octanol–water partition coefficient (Wildman–Crippen LogP) is 1.55. The molecule has 0 bridgehead atoms. The minimum absolute atomic E-state index is 0.179. The number of rotatable bonds is 7. The van der Waals surface area contributed by atoms with Crippen molar-refractivity contribution in [3.8, 4) is 5.88 Å². The van der Waals surface area contributed by atoms with Crippen LogP contribution in [-0.2, 0) is 9.53 Å². The van der Waals surface area contributed by atoms with Crippen molar-refractivity contribution >= 4 is 11.9 Å². The Kier molecular flexibility index (Phi) is 5.90. The molecular weight excluding hydrogens is 234 g/mol. The quantitative estimate of drug-likeness (QED) is 0.587. The van der Waals surface area contributed by atoms with Crippen molar-refractivity contribution in [3.05, 3.63) is 11.8 Å². The lowest BCUT2D eigenvalue weighted by molar-refractivity contribution is -0.143. The molecule has 1 aromatic rings. The summed E-state index contributed by atoms with van der Waals surface area (Å²) < 4.78 is 9.88. The van der Waals surface area contributed by atoms with E-state index in [2.05, 4.69) is 15.3 Å². The molecule has 0 fully saturated rings. The average molecular weight is 253 g/mol. The zero-order valence-corrected chi connectivity index (χ0v) is 11.0. The maximum absolute atomic E-state index is 11.1. The largest absolute Gasteiger partial charge is 0.481 e. The lowest BCUT2D eigenvalue weighted by Gasteiger charge is -2.07. The van der Waals surface area contributed by atoms with Gasteiger partial charge in [-0.3, -0.25) is 4.79 Å². The van der Waals surface area contributed by atoms with Crippen LogP contribution < -0.4 is 10.1 Å². The topological polar surface area (TPSA) is 73.3 Å². The van der Waals surface area contributed by atoms with Crippen molar-refractivity contribution in [1.82, 2.24) is 9.97 Å². The molecule has 0 spiro atoms. The molecule has 18 heavy (non-hydrogen) atoms. The predicted molar refractivity (Wildman–Crippen MR) is 67.7 cm³/mol. The number of aryl methyl sites for hydroxylation is 1. The highest BCUT2D eigenvalue weighted by molar-refractivity contribution is 5.69. The Morgan fingerprint density at radius 2 is 2.22 bits per heavy atom. The first-order chi connectivity index (χ1) is 8.65. The lowest BCUT2D eigenvalue weighted by Crippen LogP contribution is -2.10. The standard InChI is InChI=1S/C12H19N3O3/c1-4-18-11(16)6-5-7-13-12-14-9(2)8-10(15-12)17-3/h8H,4-7H2,1-3H3,(H,13,14,15). The first kappa shape index (κ1) is 14.2. The lowest BCUT2D eigenvalue weighted by atomic mass is 10.3. The Labute approximate surface area is 107 Å². The highest BCUT2D eigenvalue weighted by Crippen LogP contribution is 2.11. The zero-order valence-electron chi connectivity index (χ0n) is 11.0. The Morgan fingerprint density at radius 3 is 2.89 bits per heavy atom. The van der Waals surface area contributed by atoms with Crippen LogP contribution in [0.25, 0.3) is 0 Å². The van der Waals surface area contributed by atoms with Crippen LogP contribution in [-0.4, -0.2) is 36.2 Å². The van der Waals surface area contributed by atoms with Gasteiger partial charge in [-0.1, -0.05) is 0 Å². The normalized spacial score (nSPS) is 9.94. The van der Waals surface area contributed by atoms with Gasteiger partial charge in [-0.15, -0.1) is 0 Å². The summed E-state index contributed by atoms with van der Waals surface area (Å²) in [5.74, 6) is 0.855. The molecule has 0 saturated heterocycles. The fraction of sp³-hybridized carbons (Fsp3) is 0.583. The van der Waals surface area contributed by atoms with E-state index < -0.39 is 0 Å². The van der Waals surface area contributed by atoms with Gasteiger partial charge >= 0.3 is 5.97 Å². The summed E-state index contributed by atoms with van der Waals surface area (Å²) in [6.07, 6.45) is 1.07. The van der Waals surface area contributed by atoms with Gasteiger partial charge in [0.05, 0.1) is 13.7 Å². The molecule has 0 amide bonds. The zero-order chi connectivity index (χ0) is 13.4. The number of carbonyl (C=O) groups excluding carboxylic acids is 1. The number of nitrogens with zero attached hydrogens (tertiary/aromatic N) is 2. The molecule has 0 aromatic carbocycles. The van der Waals surface area contributed by atoms with Gasteiger partial charge in [0, 0.05) is 24.7 Å². The minimum Gasteiger partial charge on any atom is -0.481 e. The van der Waals surface area contributed by atoms with Crippen molar-refractivity contribution in [2.75, 3.05) is 25.6 Å². The Morgan fingerprint density at radius 1 is 1.44 bits per heavy atom. The van der Waals surface area contributed by atoms with Crippen LogP contribution in [0.4, 0.5) is 5.95 Å². The van der Waals surface area contributed by atoms with E-state index in [-0.39, 0.29) is 5.97 Å². The van der Waals surface area contributed by atoms with Gasteiger partial charge in [-0.25, -0.2) is 4.98 Å². The smallest absolute Gasteiger partial charge is 0.305 e. The van der Waals surface area contributed by atoms with Gasteiger partial charge in [0.2, 0.25) is 11.8 Å². The van der Waals surface area contributed by atoms with E-state index in [1.807, 2.05) is 6.92 Å². The van der Waals surface area contributed by atoms with Gasteiger partial charge in [0.15, 0.2) is 0 Å². The average Bonchev–Trinajstić information content (AvgIpc) is 2.34. The molecule has 1 rings (SSSR count). The fourth-order valence-corrected chi connectivity index (χ4v) is 1.39. The third-order valence-corrected chi connectivity index (χ3v) is 2.19. The SMILES string of the molecule is CCOC(=O)CCCNc1nc(C)cc(OC)n1. The number of ether oxygens (including phenoxy) is 2. The molecule has 0 radical (unpaired) electrons. The molecule has 100 valence electrons. The second-order valence-electron chi connectivity index (χ2n) is 3.71. The molecule has 0 atom stereocenters.